The van der Waals surface area contributed by atoms with Gasteiger partial charge in [-0.15, -0.1) is 0 Å². The van der Waals surface area contributed by atoms with Crippen molar-refractivity contribution in [2.24, 2.45) is 0 Å². The lowest BCUT2D eigenvalue weighted by atomic mass is 10.0. The summed E-state index contributed by atoms with van der Waals surface area (Å²) in [6.07, 6.45) is -0.318. The summed E-state index contributed by atoms with van der Waals surface area (Å²) in [5, 5.41) is 11.6. The maximum Gasteiger partial charge on any atom is 0.305 e. The molecule has 1 amide bonds. The summed E-state index contributed by atoms with van der Waals surface area (Å²) in [5.74, 6) is -1.94. The van der Waals surface area contributed by atoms with E-state index in [0.717, 1.165) is 5.56 Å². The third kappa shape index (κ3) is 4.15. The number of hydrogen-bond acceptors (Lipinski definition) is 2. The van der Waals surface area contributed by atoms with E-state index in [2.05, 4.69) is 5.32 Å². The SMILES string of the molecule is Cc1ccc(C(=O)N[C@@H](CC(=O)O)c2cccc(F)c2)cc1. The lowest BCUT2D eigenvalue weighted by Crippen LogP contribution is -2.30. The van der Waals surface area contributed by atoms with E-state index in [9.17, 15) is 14.0 Å². The molecule has 0 spiro atoms. The molecule has 0 unspecified atom stereocenters. The molecule has 2 aromatic carbocycles. The summed E-state index contributed by atoms with van der Waals surface area (Å²) in [7, 11) is 0. The predicted molar refractivity (Wildman–Crippen MR) is 80.0 cm³/mol. The lowest BCUT2D eigenvalue weighted by molar-refractivity contribution is -0.137. The highest BCUT2D eigenvalue weighted by molar-refractivity contribution is 5.94. The number of rotatable bonds is 5. The molecule has 5 heteroatoms. The number of hydrogen-bond donors (Lipinski definition) is 2. The Balaban J connectivity index is 2.21. The van der Waals surface area contributed by atoms with Crippen molar-refractivity contribution in [3.8, 4) is 0 Å². The molecule has 0 aliphatic heterocycles. The van der Waals surface area contributed by atoms with Crippen LogP contribution in [0.4, 0.5) is 4.39 Å². The van der Waals surface area contributed by atoms with Gasteiger partial charge < -0.3 is 10.4 Å². The number of amides is 1. The van der Waals surface area contributed by atoms with Gasteiger partial charge in [0.1, 0.15) is 5.82 Å². The third-order valence-electron chi connectivity index (χ3n) is 3.25. The van der Waals surface area contributed by atoms with Gasteiger partial charge in [-0.1, -0.05) is 29.8 Å². The normalized spacial score (nSPS) is 11.7. The van der Waals surface area contributed by atoms with Crippen LogP contribution in [0.2, 0.25) is 0 Å². The van der Waals surface area contributed by atoms with Gasteiger partial charge in [0.25, 0.3) is 5.91 Å². The fourth-order valence-electron chi connectivity index (χ4n) is 2.10. The maximum atomic E-state index is 13.3. The standard InChI is InChI=1S/C17H16FNO3/c1-11-5-7-12(8-6-11)17(22)19-15(10-16(20)21)13-3-2-4-14(18)9-13/h2-9,15H,10H2,1H3,(H,19,22)(H,20,21)/t15-/m0/s1. The Morgan fingerprint density at radius 3 is 2.45 bits per heavy atom. The summed E-state index contributed by atoms with van der Waals surface area (Å²) in [6, 6.07) is 11.7. The molecule has 2 N–H and O–H groups in total. The van der Waals surface area contributed by atoms with Crippen molar-refractivity contribution in [3.63, 3.8) is 0 Å². The molecular weight excluding hydrogens is 285 g/mol. The summed E-state index contributed by atoms with van der Waals surface area (Å²) in [5.41, 5.74) is 1.86. The van der Waals surface area contributed by atoms with Crippen molar-refractivity contribution in [2.75, 3.05) is 0 Å². The third-order valence-corrected chi connectivity index (χ3v) is 3.25. The Labute approximate surface area is 127 Å². The van der Waals surface area contributed by atoms with Crippen LogP contribution in [0.5, 0.6) is 0 Å². The minimum absolute atomic E-state index is 0.318. The molecule has 0 saturated carbocycles. The topological polar surface area (TPSA) is 66.4 Å². The summed E-state index contributed by atoms with van der Waals surface area (Å²) in [4.78, 5) is 23.2. The average Bonchev–Trinajstić information content (AvgIpc) is 2.46. The number of aryl methyl sites for hydroxylation is 1. The number of nitrogens with one attached hydrogen (secondary N) is 1. The van der Waals surface area contributed by atoms with Crippen LogP contribution in [-0.4, -0.2) is 17.0 Å². The molecule has 0 saturated heterocycles. The number of carbonyl (C=O) groups excluding carboxylic acids is 1. The van der Waals surface area contributed by atoms with E-state index in [0.29, 0.717) is 11.1 Å². The van der Waals surface area contributed by atoms with Gasteiger partial charge in [0, 0.05) is 5.56 Å². The van der Waals surface area contributed by atoms with E-state index >= 15 is 0 Å². The summed E-state index contributed by atoms with van der Waals surface area (Å²) < 4.78 is 13.3. The molecule has 0 bridgehead atoms. The first-order valence-corrected chi connectivity index (χ1v) is 6.80. The van der Waals surface area contributed by atoms with E-state index in [1.807, 2.05) is 6.92 Å². The number of carbonyl (C=O) groups is 2. The van der Waals surface area contributed by atoms with Gasteiger partial charge in [0.2, 0.25) is 0 Å². The first-order chi connectivity index (χ1) is 10.5. The largest absolute Gasteiger partial charge is 0.481 e. The van der Waals surface area contributed by atoms with E-state index in [4.69, 9.17) is 5.11 Å². The van der Waals surface area contributed by atoms with E-state index in [1.165, 1.54) is 18.2 Å². The molecule has 1 atom stereocenters. The second-order valence-electron chi connectivity index (χ2n) is 5.04. The molecule has 0 fully saturated rings. The van der Waals surface area contributed by atoms with Gasteiger partial charge in [0.05, 0.1) is 12.5 Å². The smallest absolute Gasteiger partial charge is 0.305 e. The van der Waals surface area contributed by atoms with Crippen LogP contribution in [0.1, 0.15) is 33.9 Å². The summed E-state index contributed by atoms with van der Waals surface area (Å²) >= 11 is 0. The number of aliphatic carboxylic acids is 1. The Hall–Kier alpha value is -2.69. The molecule has 0 aromatic heterocycles. The van der Waals surface area contributed by atoms with Gasteiger partial charge in [0.15, 0.2) is 0 Å². The minimum Gasteiger partial charge on any atom is -0.481 e. The van der Waals surface area contributed by atoms with Crippen molar-refractivity contribution in [3.05, 3.63) is 71.0 Å². The zero-order valence-corrected chi connectivity index (χ0v) is 12.0. The van der Waals surface area contributed by atoms with Crippen molar-refractivity contribution >= 4 is 11.9 Å². The zero-order valence-electron chi connectivity index (χ0n) is 12.0. The van der Waals surface area contributed by atoms with E-state index in [1.54, 1.807) is 30.3 Å². The molecule has 114 valence electrons. The second-order valence-corrected chi connectivity index (χ2v) is 5.04. The number of halogens is 1. The Bertz CT molecular complexity index is 683. The zero-order chi connectivity index (χ0) is 16.1. The van der Waals surface area contributed by atoms with Gasteiger partial charge in [-0.3, -0.25) is 9.59 Å². The molecule has 2 rings (SSSR count). The monoisotopic (exact) mass is 301 g/mol. The first-order valence-electron chi connectivity index (χ1n) is 6.80. The predicted octanol–water partition coefficient (Wildman–Crippen LogP) is 3.08. The van der Waals surface area contributed by atoms with Crippen LogP contribution in [0.15, 0.2) is 48.5 Å². The second kappa shape index (κ2) is 6.85. The molecule has 0 heterocycles. The molecule has 2 aromatic rings. The van der Waals surface area contributed by atoms with Gasteiger partial charge in [-0.25, -0.2) is 4.39 Å². The van der Waals surface area contributed by atoms with Crippen molar-refractivity contribution in [1.82, 2.24) is 5.32 Å². The van der Waals surface area contributed by atoms with Crippen LogP contribution in [-0.2, 0) is 4.79 Å². The van der Waals surface area contributed by atoms with E-state index < -0.39 is 23.7 Å². The highest BCUT2D eigenvalue weighted by Gasteiger charge is 2.19. The van der Waals surface area contributed by atoms with Crippen LogP contribution >= 0.6 is 0 Å². The first kappa shape index (κ1) is 15.7. The van der Waals surface area contributed by atoms with Crippen LogP contribution in [0.25, 0.3) is 0 Å². The van der Waals surface area contributed by atoms with Gasteiger partial charge in [-0.2, -0.15) is 0 Å². The molecule has 0 radical (unpaired) electrons. The van der Waals surface area contributed by atoms with Crippen molar-refractivity contribution in [1.29, 1.82) is 0 Å². The highest BCUT2D eigenvalue weighted by atomic mass is 19.1. The summed E-state index contributed by atoms with van der Waals surface area (Å²) in [6.45, 7) is 1.90. The van der Waals surface area contributed by atoms with E-state index in [-0.39, 0.29) is 6.42 Å². The fraction of sp³-hybridized carbons (Fsp3) is 0.176. The molecule has 0 aliphatic carbocycles. The van der Waals surface area contributed by atoms with Crippen LogP contribution in [0, 0.1) is 12.7 Å². The van der Waals surface area contributed by atoms with Crippen LogP contribution in [0.3, 0.4) is 0 Å². The molecule has 4 nitrogen and oxygen atoms in total. The van der Waals surface area contributed by atoms with Gasteiger partial charge in [-0.05, 0) is 36.8 Å². The van der Waals surface area contributed by atoms with Crippen molar-refractivity contribution in [2.45, 2.75) is 19.4 Å². The molecular formula is C17H16FNO3. The Morgan fingerprint density at radius 1 is 1.18 bits per heavy atom. The quantitative estimate of drug-likeness (QED) is 0.892. The number of benzene rings is 2. The number of carboxylic acid groups (broad SMARTS) is 1. The lowest BCUT2D eigenvalue weighted by Gasteiger charge is -2.17. The van der Waals surface area contributed by atoms with Crippen LogP contribution < -0.4 is 5.32 Å². The Morgan fingerprint density at radius 2 is 1.86 bits per heavy atom. The van der Waals surface area contributed by atoms with Crippen molar-refractivity contribution < 1.29 is 19.1 Å². The molecule has 0 aliphatic rings. The van der Waals surface area contributed by atoms with Gasteiger partial charge >= 0.3 is 5.97 Å². The fourth-order valence-corrected chi connectivity index (χ4v) is 2.10. The maximum absolute atomic E-state index is 13.3. The highest BCUT2D eigenvalue weighted by Crippen LogP contribution is 2.19. The minimum atomic E-state index is -1.07. The molecule has 22 heavy (non-hydrogen) atoms. The average molecular weight is 301 g/mol. The number of carboxylic acids is 1. The Kier molecular flexibility index (Phi) is 4.88.